The summed E-state index contributed by atoms with van der Waals surface area (Å²) in [5.74, 6) is 2.17. The van der Waals surface area contributed by atoms with Crippen LogP contribution in [0.25, 0.3) is 0 Å². The Morgan fingerprint density at radius 3 is 2.35 bits per heavy atom. The lowest BCUT2D eigenvalue weighted by molar-refractivity contribution is -0.175. The molecule has 132 valence electrons. The number of hydrogen-bond donors (Lipinski definition) is 1. The molecule has 0 amide bonds. The molecule has 1 N–H and O–H groups in total. The topological polar surface area (TPSA) is 37.3 Å². The third-order valence-corrected chi connectivity index (χ3v) is 8.86. The number of hydrogen-bond acceptors (Lipinski definition) is 1. The zero-order chi connectivity index (χ0) is 17.0. The Labute approximate surface area is 142 Å². The first-order chi connectivity index (χ1) is 10.6. The quantitative estimate of drug-likeness (QED) is 0.702. The summed E-state index contributed by atoms with van der Waals surface area (Å²) in [5, 5.41) is 9.90. The van der Waals surface area contributed by atoms with Crippen molar-refractivity contribution in [2.45, 2.75) is 86.0 Å². The van der Waals surface area contributed by atoms with Crippen LogP contribution in [0.5, 0.6) is 0 Å². The average molecular weight is 321 g/mol. The summed E-state index contributed by atoms with van der Waals surface area (Å²) < 4.78 is 0. The van der Waals surface area contributed by atoms with E-state index in [9.17, 15) is 9.90 Å². The molecule has 6 unspecified atom stereocenters. The fourth-order valence-corrected chi connectivity index (χ4v) is 6.90. The molecule has 6 atom stereocenters. The van der Waals surface area contributed by atoms with Crippen molar-refractivity contribution in [2.24, 2.45) is 39.9 Å². The lowest BCUT2D eigenvalue weighted by Crippen LogP contribution is -2.56. The minimum absolute atomic E-state index is 0.257. The molecule has 0 radical (unpaired) electrons. The lowest BCUT2D eigenvalue weighted by Gasteiger charge is -2.62. The van der Waals surface area contributed by atoms with Crippen molar-refractivity contribution in [1.82, 2.24) is 0 Å². The maximum Gasteiger partial charge on any atom is 0.309 e. The van der Waals surface area contributed by atoms with Gasteiger partial charge in [-0.2, -0.15) is 0 Å². The van der Waals surface area contributed by atoms with Gasteiger partial charge < -0.3 is 5.11 Å². The maximum absolute atomic E-state index is 12.0. The van der Waals surface area contributed by atoms with Crippen LogP contribution in [-0.4, -0.2) is 11.1 Å². The van der Waals surface area contributed by atoms with Gasteiger partial charge in [0.15, 0.2) is 0 Å². The Balaban J connectivity index is 1.88. The van der Waals surface area contributed by atoms with E-state index in [1.54, 1.807) is 0 Å². The van der Waals surface area contributed by atoms with E-state index in [-0.39, 0.29) is 5.41 Å². The van der Waals surface area contributed by atoms with Gasteiger partial charge in [-0.1, -0.05) is 34.1 Å². The molecule has 0 aromatic heterocycles. The van der Waals surface area contributed by atoms with Crippen molar-refractivity contribution in [1.29, 1.82) is 0 Å². The highest BCUT2D eigenvalue weighted by molar-refractivity contribution is 5.75. The van der Waals surface area contributed by atoms with E-state index in [0.717, 1.165) is 37.0 Å². The molecule has 3 saturated carbocycles. The second-order valence-electron chi connectivity index (χ2n) is 10.1. The standard InChI is InChI=1S/C21H36O2/c1-14(2)19(3)12-9-16-15(13-19)7-8-17-20(16,4)10-6-11-21(17,5)18(22)23/h14-17H,6-13H2,1-5H3,(H,22,23). The molecular weight excluding hydrogens is 284 g/mol. The van der Waals surface area contributed by atoms with E-state index in [4.69, 9.17) is 0 Å². The highest BCUT2D eigenvalue weighted by Gasteiger charge is 2.60. The number of carboxylic acid groups (broad SMARTS) is 1. The molecule has 0 bridgehead atoms. The van der Waals surface area contributed by atoms with E-state index in [1.165, 1.54) is 32.1 Å². The van der Waals surface area contributed by atoms with E-state index >= 15 is 0 Å². The average Bonchev–Trinajstić information content (AvgIpc) is 2.46. The van der Waals surface area contributed by atoms with Crippen LogP contribution in [0.15, 0.2) is 0 Å². The summed E-state index contributed by atoms with van der Waals surface area (Å²) >= 11 is 0. The Hall–Kier alpha value is -0.530. The number of aliphatic carboxylic acids is 1. The summed E-state index contributed by atoms with van der Waals surface area (Å²) in [5.41, 5.74) is 0.262. The molecule has 3 fully saturated rings. The minimum Gasteiger partial charge on any atom is -0.481 e. The van der Waals surface area contributed by atoms with Gasteiger partial charge in [-0.15, -0.1) is 0 Å². The predicted octanol–water partition coefficient (Wildman–Crippen LogP) is 5.76. The van der Waals surface area contributed by atoms with Crippen molar-refractivity contribution in [3.63, 3.8) is 0 Å². The Kier molecular flexibility index (Phi) is 4.13. The first-order valence-corrected chi connectivity index (χ1v) is 9.87. The predicted molar refractivity (Wildman–Crippen MR) is 94.2 cm³/mol. The van der Waals surface area contributed by atoms with Crippen molar-refractivity contribution in [3.8, 4) is 0 Å². The van der Waals surface area contributed by atoms with Gasteiger partial charge in [-0.3, -0.25) is 4.79 Å². The van der Waals surface area contributed by atoms with E-state index in [1.807, 2.05) is 6.92 Å². The Bertz CT molecular complexity index is 484. The van der Waals surface area contributed by atoms with Gasteiger partial charge in [0.25, 0.3) is 0 Å². The van der Waals surface area contributed by atoms with E-state index in [2.05, 4.69) is 27.7 Å². The summed E-state index contributed by atoms with van der Waals surface area (Å²) in [6, 6.07) is 0. The number of carboxylic acids is 1. The highest BCUT2D eigenvalue weighted by atomic mass is 16.4. The smallest absolute Gasteiger partial charge is 0.309 e. The van der Waals surface area contributed by atoms with Crippen molar-refractivity contribution in [2.75, 3.05) is 0 Å². The lowest BCUT2D eigenvalue weighted by atomic mass is 9.42. The van der Waals surface area contributed by atoms with Crippen LogP contribution in [0.1, 0.15) is 86.0 Å². The largest absolute Gasteiger partial charge is 0.481 e. The number of carbonyl (C=O) groups is 1. The zero-order valence-corrected chi connectivity index (χ0v) is 15.8. The molecule has 0 aromatic carbocycles. The Morgan fingerprint density at radius 1 is 1.04 bits per heavy atom. The number of rotatable bonds is 2. The Morgan fingerprint density at radius 2 is 1.74 bits per heavy atom. The molecule has 0 saturated heterocycles. The second kappa shape index (κ2) is 5.49. The molecule has 0 aliphatic heterocycles. The van der Waals surface area contributed by atoms with E-state index in [0.29, 0.717) is 11.3 Å². The van der Waals surface area contributed by atoms with Crippen LogP contribution in [-0.2, 0) is 4.79 Å². The zero-order valence-electron chi connectivity index (χ0n) is 15.8. The summed E-state index contributed by atoms with van der Waals surface area (Å²) in [6.45, 7) is 11.8. The van der Waals surface area contributed by atoms with Gasteiger partial charge >= 0.3 is 5.97 Å². The van der Waals surface area contributed by atoms with Crippen LogP contribution in [0.4, 0.5) is 0 Å². The van der Waals surface area contributed by atoms with Crippen molar-refractivity contribution >= 4 is 5.97 Å². The third-order valence-electron chi connectivity index (χ3n) is 8.86. The molecule has 0 aromatic rings. The molecular formula is C21H36O2. The molecule has 2 nitrogen and oxygen atoms in total. The van der Waals surface area contributed by atoms with Crippen LogP contribution < -0.4 is 0 Å². The SMILES string of the molecule is CC(C)C1(C)CCC2C(CCC3C(C)(C(=O)O)CCCC23C)C1. The van der Waals surface area contributed by atoms with Gasteiger partial charge in [-0.05, 0) is 86.4 Å². The van der Waals surface area contributed by atoms with Gasteiger partial charge in [0, 0.05) is 0 Å². The first kappa shape index (κ1) is 17.3. The van der Waals surface area contributed by atoms with Crippen LogP contribution in [0.2, 0.25) is 0 Å². The summed E-state index contributed by atoms with van der Waals surface area (Å²) in [7, 11) is 0. The maximum atomic E-state index is 12.0. The number of fused-ring (bicyclic) bond motifs is 3. The van der Waals surface area contributed by atoms with Crippen molar-refractivity contribution in [3.05, 3.63) is 0 Å². The summed E-state index contributed by atoms with van der Waals surface area (Å²) in [6.07, 6.45) is 9.64. The first-order valence-electron chi connectivity index (χ1n) is 9.87. The van der Waals surface area contributed by atoms with Crippen molar-refractivity contribution < 1.29 is 9.90 Å². The van der Waals surface area contributed by atoms with Crippen LogP contribution >= 0.6 is 0 Å². The molecule has 0 heterocycles. The van der Waals surface area contributed by atoms with Gasteiger partial charge in [0.05, 0.1) is 5.41 Å². The molecule has 3 aliphatic rings. The molecule has 23 heavy (non-hydrogen) atoms. The molecule has 3 rings (SSSR count). The fourth-order valence-electron chi connectivity index (χ4n) is 6.90. The van der Waals surface area contributed by atoms with Gasteiger partial charge in [0.2, 0.25) is 0 Å². The third kappa shape index (κ3) is 2.46. The van der Waals surface area contributed by atoms with Gasteiger partial charge in [-0.25, -0.2) is 0 Å². The monoisotopic (exact) mass is 320 g/mol. The van der Waals surface area contributed by atoms with Crippen LogP contribution in [0, 0.1) is 39.9 Å². The molecule has 0 spiro atoms. The summed E-state index contributed by atoms with van der Waals surface area (Å²) in [4.78, 5) is 12.0. The second-order valence-corrected chi connectivity index (χ2v) is 10.1. The fraction of sp³-hybridized carbons (Fsp3) is 0.952. The minimum atomic E-state index is -0.547. The van der Waals surface area contributed by atoms with E-state index < -0.39 is 11.4 Å². The normalized spacial score (nSPS) is 50.3. The van der Waals surface area contributed by atoms with Gasteiger partial charge in [0.1, 0.15) is 0 Å². The molecule has 3 aliphatic carbocycles. The van der Waals surface area contributed by atoms with Crippen LogP contribution in [0.3, 0.4) is 0 Å². The highest BCUT2D eigenvalue weighted by Crippen LogP contribution is 2.65. The molecule has 2 heteroatoms.